The van der Waals surface area contributed by atoms with Gasteiger partial charge in [0.25, 0.3) is 0 Å². The van der Waals surface area contributed by atoms with Crippen molar-refractivity contribution in [1.82, 2.24) is 0 Å². The molecule has 25 heavy (non-hydrogen) atoms. The molecule has 0 N–H and O–H groups in total. The van der Waals surface area contributed by atoms with Gasteiger partial charge in [0, 0.05) is 0 Å². The molecular formula is C22H36O3. The molecule has 142 valence electrons. The Hall–Kier alpha value is -1.12. The van der Waals surface area contributed by atoms with E-state index in [1.807, 2.05) is 0 Å². The molecule has 0 radical (unpaired) electrons. The van der Waals surface area contributed by atoms with Crippen LogP contribution in [0.3, 0.4) is 0 Å². The number of carbonyl (C=O) groups excluding carboxylic acids is 2. The summed E-state index contributed by atoms with van der Waals surface area (Å²) in [6.45, 7) is 23.1. The highest BCUT2D eigenvalue weighted by Crippen LogP contribution is 2.72. The van der Waals surface area contributed by atoms with Crippen LogP contribution in [0.1, 0.15) is 81.1 Å². The highest BCUT2D eigenvalue weighted by atomic mass is 16.6. The van der Waals surface area contributed by atoms with E-state index in [-0.39, 0.29) is 29.1 Å². The van der Waals surface area contributed by atoms with Gasteiger partial charge in [-0.05, 0) is 46.8 Å². The molecule has 0 bridgehead atoms. The van der Waals surface area contributed by atoms with Gasteiger partial charge in [0.2, 0.25) is 0 Å². The smallest absolute Gasteiger partial charge is 0.317 e. The van der Waals surface area contributed by atoms with E-state index < -0.39 is 5.97 Å². The largest absolute Gasteiger partial charge is 0.393 e. The zero-order valence-corrected chi connectivity index (χ0v) is 17.4. The minimum absolute atomic E-state index is 0.0737. The monoisotopic (exact) mass is 348 g/mol. The van der Waals surface area contributed by atoms with Crippen molar-refractivity contribution in [3.05, 3.63) is 12.2 Å². The van der Waals surface area contributed by atoms with Crippen molar-refractivity contribution in [2.24, 2.45) is 33.5 Å². The van der Waals surface area contributed by atoms with E-state index in [0.29, 0.717) is 23.2 Å². The van der Waals surface area contributed by atoms with Gasteiger partial charge in [-0.2, -0.15) is 0 Å². The lowest BCUT2D eigenvalue weighted by atomic mass is 9.59. The summed E-state index contributed by atoms with van der Waals surface area (Å²) in [5, 5.41) is 0. The summed E-state index contributed by atoms with van der Waals surface area (Å²) >= 11 is 0. The summed E-state index contributed by atoms with van der Waals surface area (Å²) in [6.07, 6.45) is 2.90. The second kappa shape index (κ2) is 5.96. The first-order valence-corrected chi connectivity index (χ1v) is 9.53. The number of rotatable bonds is 6. The summed E-state index contributed by atoms with van der Waals surface area (Å²) in [7, 11) is 0. The molecular weight excluding hydrogens is 312 g/mol. The summed E-state index contributed by atoms with van der Waals surface area (Å²) in [5.41, 5.74) is 1.97. The molecule has 0 amide bonds. The van der Waals surface area contributed by atoms with Gasteiger partial charge in [0.05, 0.1) is 12.3 Å². The van der Waals surface area contributed by atoms with E-state index in [0.717, 1.165) is 12.0 Å². The zero-order valence-electron chi connectivity index (χ0n) is 17.4. The number of hydrogen-bond acceptors (Lipinski definition) is 3. The average molecular weight is 349 g/mol. The minimum atomic E-state index is -0.402. The third-order valence-corrected chi connectivity index (χ3v) is 7.75. The Bertz CT molecular complexity index is 591. The van der Waals surface area contributed by atoms with E-state index in [1.165, 1.54) is 6.42 Å². The summed E-state index contributed by atoms with van der Waals surface area (Å²) < 4.78 is 4.67. The van der Waals surface area contributed by atoms with Crippen molar-refractivity contribution in [3.8, 4) is 0 Å². The Morgan fingerprint density at radius 2 is 1.72 bits per heavy atom. The lowest BCUT2D eigenvalue weighted by Gasteiger charge is -2.46. The van der Waals surface area contributed by atoms with Crippen LogP contribution < -0.4 is 0 Å². The molecule has 1 aliphatic heterocycles. The lowest BCUT2D eigenvalue weighted by molar-refractivity contribution is -0.153. The predicted molar refractivity (Wildman–Crippen MR) is 101 cm³/mol. The minimum Gasteiger partial charge on any atom is -0.393 e. The number of allylic oxidation sites excluding steroid dienone is 1. The molecule has 2 rings (SSSR count). The van der Waals surface area contributed by atoms with Crippen LogP contribution in [-0.2, 0) is 14.3 Å². The third-order valence-electron chi connectivity index (χ3n) is 7.75. The standard InChI is InChI=1S/C22H36O3/c1-14(10-15-11-17(23)25-18(15)24)12-20(5,6)21(7,8)16-13-22(16,9)19(2,3)4/h15-16H,1,10-13H2,2-9H3. The summed E-state index contributed by atoms with van der Waals surface area (Å²) in [6, 6.07) is 0. The predicted octanol–water partition coefficient (Wildman–Crippen LogP) is 5.54. The van der Waals surface area contributed by atoms with Crippen LogP contribution in [-0.4, -0.2) is 11.9 Å². The van der Waals surface area contributed by atoms with Gasteiger partial charge in [0.15, 0.2) is 0 Å². The molecule has 3 unspecified atom stereocenters. The van der Waals surface area contributed by atoms with Crippen molar-refractivity contribution in [2.45, 2.75) is 81.1 Å². The molecule has 3 atom stereocenters. The second-order valence-corrected chi connectivity index (χ2v) is 10.9. The Labute approximate surface area is 153 Å². The number of carbonyl (C=O) groups is 2. The highest BCUT2D eigenvalue weighted by molar-refractivity contribution is 5.94. The van der Waals surface area contributed by atoms with Gasteiger partial charge in [-0.25, -0.2) is 0 Å². The van der Waals surface area contributed by atoms with E-state index in [4.69, 9.17) is 0 Å². The number of cyclic esters (lactones) is 2. The van der Waals surface area contributed by atoms with Crippen LogP contribution in [0.2, 0.25) is 0 Å². The van der Waals surface area contributed by atoms with E-state index in [9.17, 15) is 9.59 Å². The Morgan fingerprint density at radius 3 is 2.12 bits per heavy atom. The highest BCUT2D eigenvalue weighted by Gasteiger charge is 2.64. The number of esters is 2. The maximum absolute atomic E-state index is 11.7. The van der Waals surface area contributed by atoms with Crippen LogP contribution >= 0.6 is 0 Å². The molecule has 3 heteroatoms. The van der Waals surface area contributed by atoms with Gasteiger partial charge in [-0.3, -0.25) is 9.59 Å². The average Bonchev–Trinajstić information content (AvgIpc) is 3.02. The van der Waals surface area contributed by atoms with Gasteiger partial charge in [-0.1, -0.05) is 67.5 Å². The van der Waals surface area contributed by atoms with Crippen LogP contribution in [0.5, 0.6) is 0 Å². The molecule has 2 aliphatic rings. The fourth-order valence-electron chi connectivity index (χ4n) is 4.67. The van der Waals surface area contributed by atoms with Crippen LogP contribution in [0.4, 0.5) is 0 Å². The molecule has 3 nitrogen and oxygen atoms in total. The van der Waals surface area contributed by atoms with Crippen molar-refractivity contribution in [1.29, 1.82) is 0 Å². The summed E-state index contributed by atoms with van der Waals surface area (Å²) in [5.74, 6) is -0.437. The number of hydrogen-bond donors (Lipinski definition) is 0. The van der Waals surface area contributed by atoms with E-state index in [2.05, 4.69) is 66.7 Å². The van der Waals surface area contributed by atoms with Gasteiger partial charge in [0.1, 0.15) is 0 Å². The Morgan fingerprint density at radius 1 is 1.16 bits per heavy atom. The van der Waals surface area contributed by atoms with Crippen molar-refractivity contribution in [2.75, 3.05) is 0 Å². The van der Waals surface area contributed by atoms with E-state index in [1.54, 1.807) is 0 Å². The first-order valence-electron chi connectivity index (χ1n) is 9.53. The molecule has 2 fully saturated rings. The molecule has 0 aromatic rings. The normalized spacial score (nSPS) is 30.4. The van der Waals surface area contributed by atoms with Gasteiger partial charge >= 0.3 is 11.9 Å². The molecule has 1 heterocycles. The van der Waals surface area contributed by atoms with Crippen LogP contribution in [0.25, 0.3) is 0 Å². The second-order valence-electron chi connectivity index (χ2n) is 10.9. The number of ether oxygens (including phenoxy) is 1. The zero-order chi connectivity index (χ0) is 19.4. The molecule has 0 aromatic heterocycles. The first-order chi connectivity index (χ1) is 11.1. The maximum atomic E-state index is 11.7. The fourth-order valence-corrected chi connectivity index (χ4v) is 4.67. The van der Waals surface area contributed by atoms with Crippen molar-refractivity contribution < 1.29 is 14.3 Å². The summed E-state index contributed by atoms with van der Waals surface area (Å²) in [4.78, 5) is 23.0. The van der Waals surface area contributed by atoms with Crippen LogP contribution in [0.15, 0.2) is 12.2 Å². The Kier molecular flexibility index (Phi) is 4.81. The third kappa shape index (κ3) is 3.57. The molecule has 0 spiro atoms. The van der Waals surface area contributed by atoms with Crippen LogP contribution in [0, 0.1) is 33.5 Å². The molecule has 0 aromatic carbocycles. The van der Waals surface area contributed by atoms with Crippen molar-refractivity contribution in [3.63, 3.8) is 0 Å². The van der Waals surface area contributed by atoms with Gasteiger partial charge < -0.3 is 4.74 Å². The molecule has 1 saturated heterocycles. The van der Waals surface area contributed by atoms with Gasteiger partial charge in [-0.15, -0.1) is 0 Å². The maximum Gasteiger partial charge on any atom is 0.317 e. The molecule has 1 aliphatic carbocycles. The molecule has 1 saturated carbocycles. The van der Waals surface area contributed by atoms with Crippen molar-refractivity contribution >= 4 is 11.9 Å². The quantitative estimate of drug-likeness (QED) is 0.360. The first kappa shape index (κ1) is 20.2. The SMILES string of the molecule is C=C(CC1CC(=O)OC1=O)CC(C)(C)C(C)(C)C1CC1(C)C(C)(C)C. The van der Waals surface area contributed by atoms with E-state index >= 15 is 0 Å². The topological polar surface area (TPSA) is 43.4 Å². The Balaban J connectivity index is 2.04. The fraction of sp³-hybridized carbons (Fsp3) is 0.818. The lowest BCUT2D eigenvalue weighted by Crippen LogP contribution is -2.38.